The molecule has 8 heteroatoms. The molecule has 3 heterocycles. The minimum absolute atomic E-state index is 0.0460. The lowest BCUT2D eigenvalue weighted by atomic mass is 9.79. The molecule has 0 aliphatic heterocycles. The van der Waals surface area contributed by atoms with E-state index < -0.39 is 0 Å². The number of furan rings is 1. The average molecular weight is 409 g/mol. The van der Waals surface area contributed by atoms with Crippen molar-refractivity contribution in [3.63, 3.8) is 0 Å². The first-order valence-electron chi connectivity index (χ1n) is 9.66. The summed E-state index contributed by atoms with van der Waals surface area (Å²) in [7, 11) is 0. The van der Waals surface area contributed by atoms with Crippen molar-refractivity contribution < 1.29 is 18.4 Å². The van der Waals surface area contributed by atoms with Gasteiger partial charge in [0.15, 0.2) is 12.4 Å². The van der Waals surface area contributed by atoms with Crippen LogP contribution in [0.2, 0.25) is 0 Å². The highest BCUT2D eigenvalue weighted by molar-refractivity contribution is 7.18. The van der Waals surface area contributed by atoms with Crippen molar-refractivity contribution in [1.82, 2.24) is 15.2 Å². The molecule has 0 bridgehead atoms. The fourth-order valence-corrected chi connectivity index (χ4v) is 4.98. The number of aromatic nitrogens is 3. The van der Waals surface area contributed by atoms with Crippen LogP contribution in [0.25, 0.3) is 21.9 Å². The van der Waals surface area contributed by atoms with Gasteiger partial charge in [0, 0.05) is 5.92 Å². The molecule has 2 atom stereocenters. The van der Waals surface area contributed by atoms with Crippen LogP contribution in [0.15, 0.2) is 51.5 Å². The molecule has 1 saturated carbocycles. The first kappa shape index (κ1) is 18.1. The second-order valence-corrected chi connectivity index (χ2v) is 8.17. The second-order valence-electron chi connectivity index (χ2n) is 7.10. The quantitative estimate of drug-likeness (QED) is 0.430. The van der Waals surface area contributed by atoms with E-state index in [4.69, 9.17) is 18.6 Å². The molecule has 1 aliphatic carbocycles. The maximum Gasteiger partial charge on any atom is 0.310 e. The minimum atomic E-state index is -0.230. The Balaban J connectivity index is 1.28. The largest absolute Gasteiger partial charge is 0.459 e. The summed E-state index contributed by atoms with van der Waals surface area (Å²) in [5.41, 5.74) is 0.988. The first-order valence-corrected chi connectivity index (χ1v) is 10.5. The average Bonchev–Trinajstić information content (AvgIpc) is 3.52. The number of esters is 1. The lowest BCUT2D eigenvalue weighted by Gasteiger charge is -2.28. The van der Waals surface area contributed by atoms with Crippen molar-refractivity contribution in [2.75, 3.05) is 0 Å². The summed E-state index contributed by atoms with van der Waals surface area (Å²) in [6.45, 7) is -0.0460. The van der Waals surface area contributed by atoms with E-state index in [0.29, 0.717) is 5.76 Å². The molecular weight excluding hydrogens is 390 g/mol. The molecule has 0 spiro atoms. The van der Waals surface area contributed by atoms with Gasteiger partial charge in [-0.25, -0.2) is 4.98 Å². The SMILES string of the molecule is O=C(OCc1nnc(-c2ccco2)o1)[C@@H]1CCCC[C@H]1c1nc2ccccc2s1. The summed E-state index contributed by atoms with van der Waals surface area (Å²) < 4.78 is 17.4. The molecule has 7 nitrogen and oxygen atoms in total. The maximum atomic E-state index is 12.9. The Morgan fingerprint density at radius 3 is 2.90 bits per heavy atom. The van der Waals surface area contributed by atoms with E-state index in [-0.39, 0.29) is 36.2 Å². The Morgan fingerprint density at radius 1 is 1.14 bits per heavy atom. The summed E-state index contributed by atoms with van der Waals surface area (Å²) in [5.74, 6) is 0.667. The van der Waals surface area contributed by atoms with Crippen LogP contribution in [0.1, 0.15) is 42.5 Å². The van der Waals surface area contributed by atoms with E-state index in [0.717, 1.165) is 40.9 Å². The van der Waals surface area contributed by atoms with E-state index in [1.165, 1.54) is 6.26 Å². The molecule has 4 aromatic rings. The number of para-hydroxylation sites is 1. The van der Waals surface area contributed by atoms with Gasteiger partial charge in [0.05, 0.1) is 27.4 Å². The Hall–Kier alpha value is -3.00. The van der Waals surface area contributed by atoms with Gasteiger partial charge in [0.25, 0.3) is 11.8 Å². The summed E-state index contributed by atoms with van der Waals surface area (Å²) in [5, 5.41) is 8.88. The Morgan fingerprint density at radius 2 is 2.03 bits per heavy atom. The number of hydrogen-bond acceptors (Lipinski definition) is 8. The van der Waals surface area contributed by atoms with Crippen LogP contribution >= 0.6 is 11.3 Å². The molecular formula is C21H19N3O4S. The molecule has 29 heavy (non-hydrogen) atoms. The van der Waals surface area contributed by atoms with Crippen LogP contribution in [0.3, 0.4) is 0 Å². The maximum absolute atomic E-state index is 12.9. The minimum Gasteiger partial charge on any atom is -0.459 e. The Labute approximate surface area is 170 Å². The van der Waals surface area contributed by atoms with Gasteiger partial charge in [-0.2, -0.15) is 0 Å². The van der Waals surface area contributed by atoms with Crippen molar-refractivity contribution >= 4 is 27.5 Å². The topological polar surface area (TPSA) is 91.2 Å². The summed E-state index contributed by atoms with van der Waals surface area (Å²) in [4.78, 5) is 17.6. The van der Waals surface area contributed by atoms with Crippen molar-refractivity contribution in [2.24, 2.45) is 5.92 Å². The number of carbonyl (C=O) groups excluding carboxylic acids is 1. The fourth-order valence-electron chi connectivity index (χ4n) is 3.81. The summed E-state index contributed by atoms with van der Waals surface area (Å²) in [6, 6.07) is 11.5. The molecule has 0 N–H and O–H groups in total. The summed E-state index contributed by atoms with van der Waals surface area (Å²) in [6.07, 6.45) is 5.40. The van der Waals surface area contributed by atoms with Gasteiger partial charge in [-0.3, -0.25) is 4.79 Å². The molecule has 1 aliphatic rings. The number of benzene rings is 1. The fraction of sp³-hybridized carbons (Fsp3) is 0.333. The van der Waals surface area contributed by atoms with Crippen LogP contribution in [0.5, 0.6) is 0 Å². The van der Waals surface area contributed by atoms with Crippen LogP contribution in [0, 0.1) is 5.92 Å². The molecule has 1 aromatic carbocycles. The van der Waals surface area contributed by atoms with E-state index in [2.05, 4.69) is 16.3 Å². The zero-order valence-corrected chi connectivity index (χ0v) is 16.4. The Bertz CT molecular complexity index is 1090. The highest BCUT2D eigenvalue weighted by Gasteiger charge is 2.35. The molecule has 1 fully saturated rings. The number of carbonyl (C=O) groups is 1. The van der Waals surface area contributed by atoms with Crippen molar-refractivity contribution in [3.05, 3.63) is 53.6 Å². The standard InChI is InChI=1S/C21H19N3O4S/c25-21(27-12-18-23-24-19(28-18)16-9-5-11-26-16)14-7-2-1-6-13(14)20-22-15-8-3-4-10-17(15)29-20/h3-5,8-11,13-14H,1-2,6-7,12H2/t13-,14-/m1/s1. The highest BCUT2D eigenvalue weighted by atomic mass is 32.1. The lowest BCUT2D eigenvalue weighted by Crippen LogP contribution is -2.27. The number of nitrogens with zero attached hydrogens (tertiary/aromatic N) is 3. The molecule has 0 saturated heterocycles. The number of hydrogen-bond donors (Lipinski definition) is 0. The first-order chi connectivity index (χ1) is 14.3. The Kier molecular flexibility index (Phi) is 4.85. The lowest BCUT2D eigenvalue weighted by molar-refractivity contribution is -0.152. The van der Waals surface area contributed by atoms with E-state index in [1.807, 2.05) is 18.2 Å². The molecule has 0 amide bonds. The number of fused-ring (bicyclic) bond motifs is 1. The van der Waals surface area contributed by atoms with Crippen LogP contribution < -0.4 is 0 Å². The van der Waals surface area contributed by atoms with Crippen LogP contribution in [-0.4, -0.2) is 21.2 Å². The van der Waals surface area contributed by atoms with Gasteiger partial charge in [-0.15, -0.1) is 21.5 Å². The monoisotopic (exact) mass is 409 g/mol. The summed E-state index contributed by atoms with van der Waals surface area (Å²) >= 11 is 1.67. The van der Waals surface area contributed by atoms with Gasteiger partial charge in [-0.1, -0.05) is 25.0 Å². The zero-order chi connectivity index (χ0) is 19.6. The predicted molar refractivity (Wildman–Crippen MR) is 106 cm³/mol. The number of thiazole rings is 1. The number of ether oxygens (including phenoxy) is 1. The van der Waals surface area contributed by atoms with Crippen LogP contribution in [-0.2, 0) is 16.1 Å². The number of rotatable bonds is 5. The molecule has 3 aromatic heterocycles. The van der Waals surface area contributed by atoms with Gasteiger partial charge in [0.1, 0.15) is 0 Å². The van der Waals surface area contributed by atoms with Crippen LogP contribution in [0.4, 0.5) is 0 Å². The van der Waals surface area contributed by atoms with Crippen molar-refractivity contribution in [3.8, 4) is 11.7 Å². The van der Waals surface area contributed by atoms with E-state index in [9.17, 15) is 4.79 Å². The van der Waals surface area contributed by atoms with Gasteiger partial charge < -0.3 is 13.6 Å². The zero-order valence-electron chi connectivity index (χ0n) is 15.6. The second kappa shape index (κ2) is 7.79. The van der Waals surface area contributed by atoms with Crippen molar-refractivity contribution in [2.45, 2.75) is 38.2 Å². The van der Waals surface area contributed by atoms with Gasteiger partial charge in [-0.05, 0) is 37.1 Å². The van der Waals surface area contributed by atoms with E-state index >= 15 is 0 Å². The van der Waals surface area contributed by atoms with Gasteiger partial charge in [0.2, 0.25) is 0 Å². The third kappa shape index (κ3) is 3.67. The highest BCUT2D eigenvalue weighted by Crippen LogP contribution is 2.41. The molecule has 0 unspecified atom stereocenters. The van der Waals surface area contributed by atoms with Gasteiger partial charge >= 0.3 is 5.97 Å². The molecule has 5 rings (SSSR count). The smallest absolute Gasteiger partial charge is 0.310 e. The van der Waals surface area contributed by atoms with Crippen molar-refractivity contribution in [1.29, 1.82) is 0 Å². The third-order valence-corrected chi connectivity index (χ3v) is 6.40. The normalized spacial score (nSPS) is 19.4. The van der Waals surface area contributed by atoms with E-state index in [1.54, 1.807) is 23.5 Å². The predicted octanol–water partition coefficient (Wildman–Crippen LogP) is 4.96. The molecule has 0 radical (unpaired) electrons. The third-order valence-electron chi connectivity index (χ3n) is 5.23. The molecule has 148 valence electrons.